The summed E-state index contributed by atoms with van der Waals surface area (Å²) in [5.74, 6) is 0.358. The van der Waals surface area contributed by atoms with E-state index in [1.807, 2.05) is 24.3 Å². The minimum Gasteiger partial charge on any atom is -0.508 e. The van der Waals surface area contributed by atoms with Crippen molar-refractivity contribution >= 4 is 21.6 Å². The van der Waals surface area contributed by atoms with E-state index in [4.69, 9.17) is 0 Å². The first-order chi connectivity index (χ1) is 8.72. The molecule has 0 amide bonds. The van der Waals surface area contributed by atoms with Gasteiger partial charge in [-0.15, -0.1) is 0 Å². The van der Waals surface area contributed by atoms with E-state index in [0.29, 0.717) is 11.8 Å². The number of halogens is 1. The van der Waals surface area contributed by atoms with Crippen LogP contribution in [0.25, 0.3) is 0 Å². The molecule has 18 heavy (non-hydrogen) atoms. The van der Waals surface area contributed by atoms with Crippen LogP contribution in [-0.2, 0) is 6.42 Å². The van der Waals surface area contributed by atoms with Gasteiger partial charge in [-0.2, -0.15) is 0 Å². The number of hydrogen-bond donors (Lipinski definition) is 2. The first-order valence-corrected chi connectivity index (χ1v) is 6.85. The van der Waals surface area contributed by atoms with Crippen LogP contribution in [0, 0.1) is 0 Å². The Kier molecular flexibility index (Phi) is 3.00. The van der Waals surface area contributed by atoms with E-state index in [0.717, 1.165) is 23.0 Å². The first kappa shape index (κ1) is 11.6. The van der Waals surface area contributed by atoms with Crippen LogP contribution >= 0.6 is 15.9 Å². The lowest BCUT2D eigenvalue weighted by Crippen LogP contribution is -2.06. The summed E-state index contributed by atoms with van der Waals surface area (Å²) in [7, 11) is 0. The Morgan fingerprint density at radius 2 is 2.06 bits per heavy atom. The van der Waals surface area contributed by atoms with Crippen molar-refractivity contribution in [3.8, 4) is 5.75 Å². The van der Waals surface area contributed by atoms with Crippen molar-refractivity contribution in [2.75, 3.05) is 5.32 Å². The van der Waals surface area contributed by atoms with Crippen molar-refractivity contribution in [1.82, 2.24) is 0 Å². The molecular formula is C15H14BrNO. The van der Waals surface area contributed by atoms with E-state index >= 15 is 0 Å². The Morgan fingerprint density at radius 3 is 2.89 bits per heavy atom. The number of nitrogens with one attached hydrogen (secondary N) is 1. The lowest BCUT2D eigenvalue weighted by molar-refractivity contribution is 0.474. The molecule has 3 heteroatoms. The molecule has 2 aromatic rings. The van der Waals surface area contributed by atoms with Gasteiger partial charge in [0.1, 0.15) is 5.75 Å². The first-order valence-electron chi connectivity index (χ1n) is 6.06. The highest BCUT2D eigenvalue weighted by molar-refractivity contribution is 9.10. The second-order valence-electron chi connectivity index (χ2n) is 4.63. The van der Waals surface area contributed by atoms with Crippen LogP contribution in [0.3, 0.4) is 0 Å². The van der Waals surface area contributed by atoms with E-state index in [-0.39, 0.29) is 0 Å². The van der Waals surface area contributed by atoms with E-state index < -0.39 is 0 Å². The molecular weight excluding hydrogens is 290 g/mol. The third-order valence-corrected chi connectivity index (χ3v) is 3.86. The average Bonchev–Trinajstić information content (AvgIpc) is 2.72. The van der Waals surface area contributed by atoms with Gasteiger partial charge < -0.3 is 10.4 Å². The number of hydrogen-bond acceptors (Lipinski definition) is 2. The average molecular weight is 304 g/mol. The maximum absolute atomic E-state index is 9.48. The zero-order valence-corrected chi connectivity index (χ0v) is 11.4. The van der Waals surface area contributed by atoms with Crippen molar-refractivity contribution < 1.29 is 5.11 Å². The Morgan fingerprint density at radius 1 is 1.17 bits per heavy atom. The highest BCUT2D eigenvalue weighted by atomic mass is 79.9. The Hall–Kier alpha value is -1.48. The molecule has 0 bridgehead atoms. The van der Waals surface area contributed by atoms with Gasteiger partial charge in [0.15, 0.2) is 0 Å². The molecule has 2 nitrogen and oxygen atoms in total. The smallest absolute Gasteiger partial charge is 0.115 e. The van der Waals surface area contributed by atoms with Crippen LogP contribution < -0.4 is 5.32 Å². The third-order valence-electron chi connectivity index (χ3n) is 3.37. The zero-order valence-electron chi connectivity index (χ0n) is 9.86. The maximum Gasteiger partial charge on any atom is 0.115 e. The Bertz CT molecular complexity index is 582. The second kappa shape index (κ2) is 4.65. The van der Waals surface area contributed by atoms with Crippen LogP contribution in [0.1, 0.15) is 23.6 Å². The standard InChI is InChI=1S/C15H14BrNO/c16-11-2-1-3-12(9-11)17-15-7-4-10-8-13(18)5-6-14(10)15/h1-3,5-6,8-9,15,17-18H,4,7H2. The summed E-state index contributed by atoms with van der Waals surface area (Å²) in [4.78, 5) is 0. The Balaban J connectivity index is 1.85. The number of fused-ring (bicyclic) bond motifs is 1. The molecule has 0 aromatic heterocycles. The lowest BCUT2D eigenvalue weighted by Gasteiger charge is -2.15. The Labute approximate surface area is 115 Å². The summed E-state index contributed by atoms with van der Waals surface area (Å²) in [6.07, 6.45) is 2.10. The van der Waals surface area contributed by atoms with Crippen molar-refractivity contribution in [3.63, 3.8) is 0 Å². The fraction of sp³-hybridized carbons (Fsp3) is 0.200. The molecule has 2 N–H and O–H groups in total. The zero-order chi connectivity index (χ0) is 12.5. The molecule has 1 aliphatic rings. The van der Waals surface area contributed by atoms with Crippen LogP contribution in [-0.4, -0.2) is 5.11 Å². The highest BCUT2D eigenvalue weighted by Gasteiger charge is 2.22. The van der Waals surface area contributed by atoms with E-state index in [1.54, 1.807) is 6.07 Å². The van der Waals surface area contributed by atoms with Gasteiger partial charge in [-0.3, -0.25) is 0 Å². The summed E-state index contributed by atoms with van der Waals surface area (Å²) in [5, 5.41) is 13.0. The topological polar surface area (TPSA) is 32.3 Å². The molecule has 1 unspecified atom stereocenters. The molecule has 1 atom stereocenters. The van der Waals surface area contributed by atoms with Gasteiger partial charge in [0, 0.05) is 10.2 Å². The van der Waals surface area contributed by atoms with Crippen LogP contribution in [0.4, 0.5) is 5.69 Å². The molecule has 2 aromatic carbocycles. The summed E-state index contributed by atoms with van der Waals surface area (Å²) in [5.41, 5.74) is 3.67. The van der Waals surface area contributed by atoms with Gasteiger partial charge >= 0.3 is 0 Å². The largest absolute Gasteiger partial charge is 0.508 e. The van der Waals surface area contributed by atoms with E-state index in [2.05, 4.69) is 33.4 Å². The van der Waals surface area contributed by atoms with Gasteiger partial charge in [0.25, 0.3) is 0 Å². The molecule has 3 rings (SSSR count). The normalized spacial score (nSPS) is 17.5. The van der Waals surface area contributed by atoms with Gasteiger partial charge in [0.05, 0.1) is 6.04 Å². The van der Waals surface area contributed by atoms with Gasteiger partial charge in [-0.1, -0.05) is 28.1 Å². The molecule has 0 fully saturated rings. The number of anilines is 1. The van der Waals surface area contributed by atoms with Gasteiger partial charge in [-0.05, 0) is 54.3 Å². The number of benzene rings is 2. The van der Waals surface area contributed by atoms with E-state index in [1.165, 1.54) is 11.1 Å². The minimum absolute atomic E-state index is 0.342. The van der Waals surface area contributed by atoms with Crippen molar-refractivity contribution in [1.29, 1.82) is 0 Å². The van der Waals surface area contributed by atoms with Gasteiger partial charge in [-0.25, -0.2) is 0 Å². The number of phenolic OH excluding ortho intramolecular Hbond substituents is 1. The molecule has 0 aliphatic heterocycles. The molecule has 0 radical (unpaired) electrons. The summed E-state index contributed by atoms with van der Waals surface area (Å²) in [6.45, 7) is 0. The van der Waals surface area contributed by atoms with Crippen LogP contribution in [0.2, 0.25) is 0 Å². The second-order valence-corrected chi connectivity index (χ2v) is 5.54. The quantitative estimate of drug-likeness (QED) is 0.869. The molecule has 0 spiro atoms. The molecule has 92 valence electrons. The predicted molar refractivity (Wildman–Crippen MR) is 76.9 cm³/mol. The molecule has 0 saturated heterocycles. The fourth-order valence-corrected chi connectivity index (χ4v) is 2.93. The number of phenols is 1. The SMILES string of the molecule is Oc1ccc2c(c1)CCC2Nc1cccc(Br)c1. The summed E-state index contributed by atoms with van der Waals surface area (Å²) < 4.78 is 1.08. The minimum atomic E-state index is 0.342. The van der Waals surface area contributed by atoms with Crippen molar-refractivity contribution in [2.24, 2.45) is 0 Å². The highest BCUT2D eigenvalue weighted by Crippen LogP contribution is 2.35. The van der Waals surface area contributed by atoms with Crippen molar-refractivity contribution in [3.05, 3.63) is 58.1 Å². The van der Waals surface area contributed by atoms with Crippen LogP contribution in [0.5, 0.6) is 5.75 Å². The monoisotopic (exact) mass is 303 g/mol. The lowest BCUT2D eigenvalue weighted by atomic mass is 10.1. The molecule has 1 aliphatic carbocycles. The summed E-state index contributed by atoms with van der Waals surface area (Å²) in [6, 6.07) is 14.2. The van der Waals surface area contributed by atoms with E-state index in [9.17, 15) is 5.11 Å². The van der Waals surface area contributed by atoms with Crippen molar-refractivity contribution in [2.45, 2.75) is 18.9 Å². The number of aromatic hydroxyl groups is 1. The fourth-order valence-electron chi connectivity index (χ4n) is 2.53. The number of aryl methyl sites for hydroxylation is 1. The maximum atomic E-state index is 9.48. The summed E-state index contributed by atoms with van der Waals surface area (Å²) >= 11 is 3.48. The molecule has 0 saturated carbocycles. The number of rotatable bonds is 2. The van der Waals surface area contributed by atoms with Gasteiger partial charge in [0.2, 0.25) is 0 Å². The third kappa shape index (κ3) is 2.23. The van der Waals surface area contributed by atoms with Crippen LogP contribution in [0.15, 0.2) is 46.9 Å². The molecule has 0 heterocycles. The predicted octanol–water partition coefficient (Wildman–Crippen LogP) is 4.25.